The van der Waals surface area contributed by atoms with E-state index in [4.69, 9.17) is 9.84 Å². The van der Waals surface area contributed by atoms with E-state index in [0.29, 0.717) is 0 Å². The van der Waals surface area contributed by atoms with Crippen LogP contribution in [0.4, 0.5) is 4.39 Å². The van der Waals surface area contributed by atoms with Crippen LogP contribution in [0.5, 0.6) is 0 Å². The number of aliphatic carboxylic acids is 1. The van der Waals surface area contributed by atoms with E-state index in [0.717, 1.165) is 22.8 Å². The van der Waals surface area contributed by atoms with Crippen LogP contribution in [-0.2, 0) is 19.6 Å². The molecule has 2 rings (SSSR count). The number of halogens is 1. The van der Waals surface area contributed by atoms with Gasteiger partial charge < -0.3 is 9.84 Å². The van der Waals surface area contributed by atoms with E-state index in [9.17, 15) is 17.6 Å². The highest BCUT2D eigenvalue weighted by molar-refractivity contribution is 7.89. The summed E-state index contributed by atoms with van der Waals surface area (Å²) in [7, 11) is -2.77. The predicted octanol–water partition coefficient (Wildman–Crippen LogP) is 0.0849. The molecule has 7 nitrogen and oxygen atoms in total. The Labute approximate surface area is 115 Å². The van der Waals surface area contributed by atoms with Crippen molar-refractivity contribution in [1.29, 1.82) is 0 Å². The first-order valence-corrected chi connectivity index (χ1v) is 7.15. The number of rotatable bonds is 4. The van der Waals surface area contributed by atoms with Crippen molar-refractivity contribution in [2.75, 3.05) is 20.2 Å². The van der Waals surface area contributed by atoms with E-state index in [-0.39, 0.29) is 24.4 Å². The number of carbonyl (C=O) groups is 1. The molecule has 0 aliphatic carbocycles. The second-order valence-corrected chi connectivity index (χ2v) is 6.37. The molecule has 2 heterocycles. The molecule has 1 aromatic heterocycles. The van der Waals surface area contributed by atoms with Crippen molar-refractivity contribution >= 4 is 16.0 Å². The molecule has 0 aromatic carbocycles. The van der Waals surface area contributed by atoms with Gasteiger partial charge in [0.15, 0.2) is 5.60 Å². The molecule has 0 bridgehead atoms. The fourth-order valence-electron chi connectivity index (χ4n) is 2.06. The van der Waals surface area contributed by atoms with Crippen LogP contribution < -0.4 is 0 Å². The van der Waals surface area contributed by atoms with Crippen LogP contribution in [0.1, 0.15) is 6.42 Å². The highest BCUT2D eigenvalue weighted by Gasteiger charge is 2.49. The monoisotopic (exact) mass is 304 g/mol. The predicted molar refractivity (Wildman–Crippen MR) is 64.9 cm³/mol. The normalized spacial score (nSPS) is 23.9. The summed E-state index contributed by atoms with van der Waals surface area (Å²) in [5.74, 6) is -2.00. The number of sulfonamides is 1. The number of hydrogen-bond donors (Lipinski definition) is 1. The van der Waals surface area contributed by atoms with Crippen molar-refractivity contribution in [2.24, 2.45) is 0 Å². The minimum atomic E-state index is -3.99. The maximum absolute atomic E-state index is 13.1. The summed E-state index contributed by atoms with van der Waals surface area (Å²) in [6.45, 7) is -0.337. The van der Waals surface area contributed by atoms with Gasteiger partial charge in [-0.25, -0.2) is 17.6 Å². The van der Waals surface area contributed by atoms with Crippen molar-refractivity contribution < 1.29 is 27.4 Å². The standard InChI is InChI=1S/C11H13FN2O5S/c1-19-11(10(15)16)2-3-14(7-11)20(17,18)9-4-8(12)5-13-6-9/h4-6H,2-3,7H2,1H3,(H,15,16). The molecule has 1 saturated heterocycles. The molecule has 1 fully saturated rings. The third-order valence-electron chi connectivity index (χ3n) is 3.29. The Kier molecular flexibility index (Phi) is 3.76. The largest absolute Gasteiger partial charge is 0.479 e. The van der Waals surface area contributed by atoms with Crippen molar-refractivity contribution in [3.05, 3.63) is 24.3 Å². The lowest BCUT2D eigenvalue weighted by atomic mass is 10.0. The van der Waals surface area contributed by atoms with Gasteiger partial charge in [0.05, 0.1) is 12.7 Å². The second kappa shape index (κ2) is 5.08. The quantitative estimate of drug-likeness (QED) is 0.846. The van der Waals surface area contributed by atoms with Crippen LogP contribution in [-0.4, -0.2) is 54.6 Å². The molecule has 20 heavy (non-hydrogen) atoms. The summed E-state index contributed by atoms with van der Waals surface area (Å²) in [6.07, 6.45) is 1.94. The Balaban J connectivity index is 2.32. The Morgan fingerprint density at radius 1 is 1.55 bits per heavy atom. The van der Waals surface area contributed by atoms with E-state index in [1.165, 1.54) is 7.11 Å². The van der Waals surface area contributed by atoms with Gasteiger partial charge in [0.1, 0.15) is 10.7 Å². The first-order chi connectivity index (χ1) is 9.32. The lowest BCUT2D eigenvalue weighted by Crippen LogP contribution is -2.44. The molecule has 110 valence electrons. The SMILES string of the molecule is COC1(C(=O)O)CCN(S(=O)(=O)c2cncc(F)c2)C1. The minimum Gasteiger partial charge on any atom is -0.479 e. The fraction of sp³-hybridized carbons (Fsp3) is 0.455. The molecule has 0 amide bonds. The zero-order valence-electron chi connectivity index (χ0n) is 10.6. The molecular formula is C11H13FN2O5S. The van der Waals surface area contributed by atoms with E-state index in [1.807, 2.05) is 0 Å². The van der Waals surface area contributed by atoms with Crippen LogP contribution in [0.3, 0.4) is 0 Å². The van der Waals surface area contributed by atoms with Gasteiger partial charge in [-0.15, -0.1) is 0 Å². The molecular weight excluding hydrogens is 291 g/mol. The van der Waals surface area contributed by atoms with Gasteiger partial charge in [-0.1, -0.05) is 0 Å². The average Bonchev–Trinajstić information content (AvgIpc) is 2.85. The summed E-state index contributed by atoms with van der Waals surface area (Å²) in [5, 5.41) is 9.14. The fourth-order valence-corrected chi connectivity index (χ4v) is 3.53. The molecule has 1 aliphatic heterocycles. The zero-order chi connectivity index (χ0) is 15.0. The van der Waals surface area contributed by atoms with E-state index in [1.54, 1.807) is 0 Å². The number of pyridine rings is 1. The number of methoxy groups -OCH3 is 1. The van der Waals surface area contributed by atoms with Crippen molar-refractivity contribution in [2.45, 2.75) is 16.9 Å². The molecule has 0 spiro atoms. The number of carboxylic acid groups (broad SMARTS) is 1. The van der Waals surface area contributed by atoms with Crippen molar-refractivity contribution in [3.63, 3.8) is 0 Å². The smallest absolute Gasteiger partial charge is 0.337 e. The molecule has 1 aliphatic rings. The summed E-state index contributed by atoms with van der Waals surface area (Å²) in [4.78, 5) is 14.4. The highest BCUT2D eigenvalue weighted by atomic mass is 32.2. The van der Waals surface area contributed by atoms with Gasteiger partial charge in [0, 0.05) is 26.3 Å². The van der Waals surface area contributed by atoms with E-state index in [2.05, 4.69) is 4.98 Å². The van der Waals surface area contributed by atoms with Crippen LogP contribution in [0.2, 0.25) is 0 Å². The molecule has 1 unspecified atom stereocenters. The van der Waals surface area contributed by atoms with Gasteiger partial charge in [0.2, 0.25) is 10.0 Å². The van der Waals surface area contributed by atoms with Gasteiger partial charge in [-0.05, 0) is 6.07 Å². The second-order valence-electron chi connectivity index (χ2n) is 4.43. The van der Waals surface area contributed by atoms with E-state index >= 15 is 0 Å². The van der Waals surface area contributed by atoms with Gasteiger partial charge in [0.25, 0.3) is 0 Å². The molecule has 0 radical (unpaired) electrons. The minimum absolute atomic E-state index is 0.0149. The summed E-state index contributed by atoms with van der Waals surface area (Å²) < 4.78 is 43.5. The van der Waals surface area contributed by atoms with Crippen LogP contribution >= 0.6 is 0 Å². The Bertz CT molecular complexity index is 635. The maximum atomic E-state index is 13.1. The van der Waals surface area contributed by atoms with Crippen molar-refractivity contribution in [1.82, 2.24) is 9.29 Å². The van der Waals surface area contributed by atoms with Gasteiger partial charge in [-0.3, -0.25) is 4.98 Å². The molecule has 1 N–H and O–H groups in total. The average molecular weight is 304 g/mol. The number of carboxylic acids is 1. The third-order valence-corrected chi connectivity index (χ3v) is 5.11. The number of ether oxygens (including phenoxy) is 1. The van der Waals surface area contributed by atoms with Crippen LogP contribution in [0.25, 0.3) is 0 Å². The lowest BCUT2D eigenvalue weighted by molar-refractivity contribution is -0.160. The summed E-state index contributed by atoms with van der Waals surface area (Å²) in [6, 6.07) is 0.843. The lowest BCUT2D eigenvalue weighted by Gasteiger charge is -2.22. The van der Waals surface area contributed by atoms with E-state index < -0.39 is 27.4 Å². The Morgan fingerprint density at radius 2 is 2.25 bits per heavy atom. The Morgan fingerprint density at radius 3 is 2.75 bits per heavy atom. The number of hydrogen-bond acceptors (Lipinski definition) is 5. The third kappa shape index (κ3) is 2.39. The van der Waals surface area contributed by atoms with Gasteiger partial charge in [-0.2, -0.15) is 4.31 Å². The first-order valence-electron chi connectivity index (χ1n) is 5.71. The highest BCUT2D eigenvalue weighted by Crippen LogP contribution is 2.29. The molecule has 1 aromatic rings. The molecule has 1 atom stereocenters. The van der Waals surface area contributed by atoms with Crippen molar-refractivity contribution in [3.8, 4) is 0 Å². The van der Waals surface area contributed by atoms with Crippen LogP contribution in [0.15, 0.2) is 23.4 Å². The van der Waals surface area contributed by atoms with Crippen LogP contribution in [0, 0.1) is 5.82 Å². The molecule has 0 saturated carbocycles. The zero-order valence-corrected chi connectivity index (χ0v) is 11.4. The summed E-state index contributed by atoms with van der Waals surface area (Å²) >= 11 is 0. The number of aromatic nitrogens is 1. The Hall–Kier alpha value is -1.58. The maximum Gasteiger partial charge on any atom is 0.337 e. The first kappa shape index (κ1) is 14.8. The summed E-state index contributed by atoms with van der Waals surface area (Å²) in [5.41, 5.74) is -1.56. The van der Waals surface area contributed by atoms with Gasteiger partial charge >= 0.3 is 5.97 Å². The topological polar surface area (TPSA) is 96.8 Å². The number of nitrogens with zero attached hydrogens (tertiary/aromatic N) is 2. The molecule has 9 heteroatoms.